The first-order valence-corrected chi connectivity index (χ1v) is 8.75. The van der Waals surface area contributed by atoms with Crippen molar-refractivity contribution in [2.75, 3.05) is 6.61 Å². The van der Waals surface area contributed by atoms with Crippen molar-refractivity contribution in [1.82, 2.24) is 5.32 Å². The van der Waals surface area contributed by atoms with Gasteiger partial charge in [0.25, 0.3) is 0 Å². The van der Waals surface area contributed by atoms with E-state index in [9.17, 15) is 4.79 Å². The molecule has 2 aromatic carbocycles. The van der Waals surface area contributed by atoms with Crippen LogP contribution in [0.15, 0.2) is 42.5 Å². The lowest BCUT2D eigenvalue weighted by Crippen LogP contribution is -2.28. The van der Waals surface area contributed by atoms with Crippen LogP contribution in [-0.2, 0) is 11.2 Å². The molecule has 3 atom stereocenters. The molecular formula is C21H23NO2. The highest BCUT2D eigenvalue weighted by Gasteiger charge is 2.44. The molecule has 1 saturated carbocycles. The van der Waals surface area contributed by atoms with Gasteiger partial charge in [-0.25, -0.2) is 0 Å². The van der Waals surface area contributed by atoms with Gasteiger partial charge < -0.3 is 10.1 Å². The molecule has 0 bridgehead atoms. The van der Waals surface area contributed by atoms with Crippen molar-refractivity contribution in [3.8, 4) is 5.75 Å². The molecule has 1 aliphatic heterocycles. The summed E-state index contributed by atoms with van der Waals surface area (Å²) in [5.74, 6) is 1.66. The van der Waals surface area contributed by atoms with Gasteiger partial charge in [-0.05, 0) is 60.6 Å². The zero-order valence-electron chi connectivity index (χ0n) is 14.2. The molecule has 0 aromatic heterocycles. The average Bonchev–Trinajstić information content (AvgIpc) is 3.24. The van der Waals surface area contributed by atoms with E-state index in [-0.39, 0.29) is 17.9 Å². The molecule has 2 aliphatic rings. The fourth-order valence-electron chi connectivity index (χ4n) is 3.71. The Morgan fingerprint density at radius 2 is 2.08 bits per heavy atom. The van der Waals surface area contributed by atoms with E-state index in [1.165, 1.54) is 16.7 Å². The van der Waals surface area contributed by atoms with Gasteiger partial charge in [0.2, 0.25) is 5.91 Å². The summed E-state index contributed by atoms with van der Waals surface area (Å²) < 4.78 is 5.55. The Bertz CT molecular complexity index is 783. The van der Waals surface area contributed by atoms with Crippen LogP contribution in [0.25, 0.3) is 0 Å². The number of carbonyl (C=O) groups excluding carboxylic acids is 1. The van der Waals surface area contributed by atoms with E-state index < -0.39 is 0 Å². The minimum Gasteiger partial charge on any atom is -0.493 e. The van der Waals surface area contributed by atoms with Gasteiger partial charge in [-0.1, -0.05) is 30.3 Å². The lowest BCUT2D eigenvalue weighted by atomic mass is 10.0. The third kappa shape index (κ3) is 2.79. The van der Waals surface area contributed by atoms with Gasteiger partial charge in [0.05, 0.1) is 12.6 Å². The van der Waals surface area contributed by atoms with Crippen LogP contribution in [0.5, 0.6) is 5.75 Å². The average molecular weight is 321 g/mol. The van der Waals surface area contributed by atoms with Crippen molar-refractivity contribution in [2.24, 2.45) is 5.92 Å². The van der Waals surface area contributed by atoms with Crippen molar-refractivity contribution >= 4 is 5.91 Å². The molecule has 1 N–H and O–H groups in total. The second-order valence-electron chi connectivity index (χ2n) is 7.00. The maximum Gasteiger partial charge on any atom is 0.224 e. The van der Waals surface area contributed by atoms with Gasteiger partial charge in [0.1, 0.15) is 5.75 Å². The molecule has 3 nitrogen and oxygen atoms in total. The number of hydrogen-bond acceptors (Lipinski definition) is 2. The number of hydrogen-bond donors (Lipinski definition) is 1. The molecule has 3 unspecified atom stereocenters. The van der Waals surface area contributed by atoms with Crippen LogP contribution in [0.2, 0.25) is 0 Å². The van der Waals surface area contributed by atoms with E-state index in [1.54, 1.807) is 0 Å². The smallest absolute Gasteiger partial charge is 0.224 e. The van der Waals surface area contributed by atoms with Crippen molar-refractivity contribution in [3.63, 3.8) is 0 Å². The second-order valence-corrected chi connectivity index (χ2v) is 7.00. The number of nitrogens with one attached hydrogen (secondary N) is 1. The first-order valence-electron chi connectivity index (χ1n) is 8.75. The van der Waals surface area contributed by atoms with Crippen LogP contribution in [0.3, 0.4) is 0 Å². The third-order valence-corrected chi connectivity index (χ3v) is 5.29. The fraction of sp³-hybridized carbons (Fsp3) is 0.381. The summed E-state index contributed by atoms with van der Waals surface area (Å²) in [6.45, 7) is 4.94. The normalized spacial score (nSPS) is 22.4. The molecule has 1 heterocycles. The Hall–Kier alpha value is -2.29. The highest BCUT2D eigenvalue weighted by Crippen LogP contribution is 2.48. The number of benzene rings is 2. The van der Waals surface area contributed by atoms with Crippen molar-refractivity contribution in [2.45, 2.75) is 38.6 Å². The summed E-state index contributed by atoms with van der Waals surface area (Å²) >= 11 is 0. The molecule has 0 saturated heterocycles. The minimum absolute atomic E-state index is 0.0292. The molecule has 0 spiro atoms. The number of amides is 1. The number of carbonyl (C=O) groups is 1. The number of aryl methyl sites for hydroxylation is 1. The summed E-state index contributed by atoms with van der Waals surface area (Å²) in [5, 5.41) is 3.19. The van der Waals surface area contributed by atoms with E-state index in [0.29, 0.717) is 5.92 Å². The van der Waals surface area contributed by atoms with Gasteiger partial charge in [0, 0.05) is 12.3 Å². The topological polar surface area (TPSA) is 38.3 Å². The molecule has 2 aromatic rings. The van der Waals surface area contributed by atoms with Gasteiger partial charge in [-0.2, -0.15) is 0 Å². The number of rotatable bonds is 4. The largest absolute Gasteiger partial charge is 0.493 e. The quantitative estimate of drug-likeness (QED) is 0.927. The molecule has 1 aliphatic carbocycles. The molecule has 1 fully saturated rings. The Morgan fingerprint density at radius 1 is 1.25 bits per heavy atom. The summed E-state index contributed by atoms with van der Waals surface area (Å²) in [6, 6.07) is 14.7. The van der Waals surface area contributed by atoms with E-state index in [2.05, 4.69) is 55.6 Å². The van der Waals surface area contributed by atoms with Crippen LogP contribution in [0.4, 0.5) is 0 Å². The molecule has 1 amide bonds. The van der Waals surface area contributed by atoms with E-state index in [0.717, 1.165) is 30.8 Å². The van der Waals surface area contributed by atoms with Crippen LogP contribution in [0.1, 0.15) is 47.6 Å². The zero-order valence-corrected chi connectivity index (χ0v) is 14.2. The predicted octanol–water partition coefficient (Wildman–Crippen LogP) is 3.91. The minimum atomic E-state index is 0.0292. The lowest BCUT2D eigenvalue weighted by Gasteiger charge is -2.15. The van der Waals surface area contributed by atoms with Crippen molar-refractivity contribution < 1.29 is 9.53 Å². The molecule has 24 heavy (non-hydrogen) atoms. The summed E-state index contributed by atoms with van der Waals surface area (Å²) in [7, 11) is 0. The highest BCUT2D eigenvalue weighted by molar-refractivity contribution is 5.83. The first-order chi connectivity index (χ1) is 11.6. The third-order valence-electron chi connectivity index (χ3n) is 5.29. The molecule has 124 valence electrons. The van der Waals surface area contributed by atoms with Gasteiger partial charge in [-0.15, -0.1) is 0 Å². The molecule has 0 radical (unpaired) electrons. The summed E-state index contributed by atoms with van der Waals surface area (Å²) in [6.07, 6.45) is 1.92. The van der Waals surface area contributed by atoms with Crippen LogP contribution < -0.4 is 10.1 Å². The fourth-order valence-corrected chi connectivity index (χ4v) is 3.71. The molecular weight excluding hydrogens is 298 g/mol. The maximum atomic E-state index is 12.6. The lowest BCUT2D eigenvalue weighted by molar-refractivity contribution is -0.123. The number of ether oxygens (including phenoxy) is 1. The standard InChI is InChI=1S/C21H23NO2/c1-13-5-3-4-6-17(13)18-12-19(18)21(23)22-14(2)15-7-8-20-16(11-15)9-10-24-20/h3-8,11,14,18-19H,9-10,12H2,1-2H3,(H,22,23). The van der Waals surface area contributed by atoms with Gasteiger partial charge in [-0.3, -0.25) is 4.79 Å². The van der Waals surface area contributed by atoms with Gasteiger partial charge in [0.15, 0.2) is 0 Å². The van der Waals surface area contributed by atoms with Crippen LogP contribution in [-0.4, -0.2) is 12.5 Å². The second kappa shape index (κ2) is 5.97. The van der Waals surface area contributed by atoms with E-state index in [1.807, 2.05) is 6.07 Å². The highest BCUT2D eigenvalue weighted by atomic mass is 16.5. The van der Waals surface area contributed by atoms with Crippen molar-refractivity contribution in [1.29, 1.82) is 0 Å². The predicted molar refractivity (Wildman–Crippen MR) is 94.2 cm³/mol. The first kappa shape index (κ1) is 15.3. The van der Waals surface area contributed by atoms with Gasteiger partial charge >= 0.3 is 0 Å². The monoisotopic (exact) mass is 321 g/mol. The molecule has 4 rings (SSSR count). The number of fused-ring (bicyclic) bond motifs is 1. The molecule has 3 heteroatoms. The Kier molecular flexibility index (Phi) is 3.79. The van der Waals surface area contributed by atoms with E-state index >= 15 is 0 Å². The Morgan fingerprint density at radius 3 is 2.92 bits per heavy atom. The maximum absolute atomic E-state index is 12.6. The van der Waals surface area contributed by atoms with Crippen LogP contribution in [0, 0.1) is 12.8 Å². The summed E-state index contributed by atoms with van der Waals surface area (Å²) in [5.41, 5.74) is 5.00. The zero-order chi connectivity index (χ0) is 16.7. The van der Waals surface area contributed by atoms with Crippen molar-refractivity contribution in [3.05, 3.63) is 64.7 Å². The summed E-state index contributed by atoms with van der Waals surface area (Å²) in [4.78, 5) is 12.6. The van der Waals surface area contributed by atoms with E-state index in [4.69, 9.17) is 4.74 Å². The van der Waals surface area contributed by atoms with Crippen LogP contribution >= 0.6 is 0 Å². The Balaban J connectivity index is 1.41. The SMILES string of the molecule is Cc1ccccc1C1CC1C(=O)NC(C)c1ccc2c(c1)CCO2. The Labute approximate surface area is 143 Å².